The van der Waals surface area contributed by atoms with E-state index < -0.39 is 9.84 Å². The van der Waals surface area contributed by atoms with Crippen LogP contribution in [0.1, 0.15) is 5.56 Å². The van der Waals surface area contributed by atoms with Gasteiger partial charge in [0.1, 0.15) is 9.84 Å². The van der Waals surface area contributed by atoms with Gasteiger partial charge in [-0.2, -0.15) is 0 Å². The van der Waals surface area contributed by atoms with E-state index in [0.717, 1.165) is 17.5 Å². The molecule has 0 radical (unpaired) electrons. The number of hydrogen-bond acceptors (Lipinski definition) is 3. The normalized spacial score (nSPS) is 14.3. The Balaban J connectivity index is 2.02. The number of urea groups is 1. The Morgan fingerprint density at radius 3 is 2.89 bits per heavy atom. The first-order valence-corrected chi connectivity index (χ1v) is 8.33. The highest BCUT2D eigenvalue weighted by Crippen LogP contribution is 2.33. The zero-order valence-electron chi connectivity index (χ0n) is 10.5. The van der Waals surface area contributed by atoms with Gasteiger partial charge in [-0.25, -0.2) is 13.2 Å². The summed E-state index contributed by atoms with van der Waals surface area (Å²) in [6.45, 7) is 0.674. The number of rotatable bonds is 3. The molecule has 0 spiro atoms. The van der Waals surface area contributed by atoms with Crippen LogP contribution in [-0.2, 0) is 16.3 Å². The van der Waals surface area contributed by atoms with Crippen molar-refractivity contribution in [3.05, 3.63) is 28.8 Å². The van der Waals surface area contributed by atoms with E-state index in [-0.39, 0.29) is 18.3 Å². The van der Waals surface area contributed by atoms with Crippen LogP contribution in [0.4, 0.5) is 10.5 Å². The second kappa shape index (κ2) is 5.38. The Morgan fingerprint density at radius 1 is 1.47 bits per heavy atom. The molecule has 1 aliphatic rings. The van der Waals surface area contributed by atoms with E-state index in [0.29, 0.717) is 18.0 Å². The van der Waals surface area contributed by atoms with Crippen LogP contribution in [0.15, 0.2) is 18.2 Å². The van der Waals surface area contributed by atoms with Gasteiger partial charge in [0.05, 0.1) is 11.4 Å². The number of carbonyl (C=O) groups is 1. The topological polar surface area (TPSA) is 66.5 Å². The molecule has 0 aromatic heterocycles. The molecule has 0 saturated heterocycles. The Labute approximate surface area is 117 Å². The minimum Gasteiger partial charge on any atom is -0.337 e. The maximum Gasteiger partial charge on any atom is 0.321 e. The molecule has 5 nitrogen and oxygen atoms in total. The summed E-state index contributed by atoms with van der Waals surface area (Å²) in [5, 5.41) is 3.26. The van der Waals surface area contributed by atoms with Gasteiger partial charge in [-0.1, -0.05) is 17.7 Å². The largest absolute Gasteiger partial charge is 0.337 e. The highest BCUT2D eigenvalue weighted by atomic mass is 35.5. The number of nitrogens with zero attached hydrogens (tertiary/aromatic N) is 1. The number of benzene rings is 1. The summed E-state index contributed by atoms with van der Waals surface area (Å²) in [5.74, 6) is -0.0605. The summed E-state index contributed by atoms with van der Waals surface area (Å²) < 4.78 is 22.0. The summed E-state index contributed by atoms with van der Waals surface area (Å²) in [6, 6.07) is 5.14. The molecule has 0 unspecified atom stereocenters. The van der Waals surface area contributed by atoms with Crippen molar-refractivity contribution in [2.24, 2.45) is 0 Å². The maximum absolute atomic E-state index is 12.0. The third-order valence-corrected chi connectivity index (χ3v) is 4.26. The predicted molar refractivity (Wildman–Crippen MR) is 75.6 cm³/mol. The quantitative estimate of drug-likeness (QED) is 0.919. The standard InChI is InChI=1S/C12H15ClN2O3S/c1-19(17,18)8-6-14-12(16)15-7-5-9-10(13)3-2-4-11(9)15/h2-4H,5-8H2,1H3,(H,14,16). The lowest BCUT2D eigenvalue weighted by molar-refractivity contribution is 0.247. The fourth-order valence-electron chi connectivity index (χ4n) is 2.04. The van der Waals surface area contributed by atoms with Gasteiger partial charge in [-0.15, -0.1) is 0 Å². The van der Waals surface area contributed by atoms with Crippen LogP contribution < -0.4 is 10.2 Å². The molecular weight excluding hydrogens is 288 g/mol. The summed E-state index contributed by atoms with van der Waals surface area (Å²) >= 11 is 6.07. The van der Waals surface area contributed by atoms with E-state index in [2.05, 4.69) is 5.32 Å². The predicted octanol–water partition coefficient (Wildman–Crippen LogP) is 1.46. The molecule has 0 bridgehead atoms. The first-order valence-electron chi connectivity index (χ1n) is 5.89. The molecular formula is C12H15ClN2O3S. The molecule has 1 N–H and O–H groups in total. The second-order valence-corrected chi connectivity index (χ2v) is 7.17. The molecule has 0 fully saturated rings. The molecule has 0 saturated carbocycles. The lowest BCUT2D eigenvalue weighted by Gasteiger charge is -2.18. The van der Waals surface area contributed by atoms with Crippen molar-refractivity contribution < 1.29 is 13.2 Å². The van der Waals surface area contributed by atoms with Crippen LogP contribution in [0, 0.1) is 0 Å². The fraction of sp³-hybridized carbons (Fsp3) is 0.417. The lowest BCUT2D eigenvalue weighted by atomic mass is 10.2. The summed E-state index contributed by atoms with van der Waals surface area (Å²) in [6.07, 6.45) is 1.86. The molecule has 2 rings (SSSR count). The lowest BCUT2D eigenvalue weighted by Crippen LogP contribution is -2.40. The van der Waals surface area contributed by atoms with Crippen molar-refractivity contribution >= 4 is 33.2 Å². The van der Waals surface area contributed by atoms with Crippen molar-refractivity contribution in [1.29, 1.82) is 0 Å². The molecule has 1 heterocycles. The van der Waals surface area contributed by atoms with E-state index in [1.54, 1.807) is 17.0 Å². The van der Waals surface area contributed by atoms with E-state index >= 15 is 0 Å². The van der Waals surface area contributed by atoms with Gasteiger partial charge < -0.3 is 5.32 Å². The summed E-state index contributed by atoms with van der Waals surface area (Å²) in [5.41, 5.74) is 1.76. The number of halogens is 1. The smallest absolute Gasteiger partial charge is 0.321 e. The number of fused-ring (bicyclic) bond motifs is 1. The van der Waals surface area contributed by atoms with Crippen molar-refractivity contribution in [3.63, 3.8) is 0 Å². The molecule has 104 valence electrons. The minimum absolute atomic E-state index is 0.0605. The molecule has 2 amide bonds. The molecule has 7 heteroatoms. The molecule has 19 heavy (non-hydrogen) atoms. The molecule has 1 aromatic rings. The van der Waals surface area contributed by atoms with Gasteiger partial charge in [0, 0.05) is 24.4 Å². The van der Waals surface area contributed by atoms with Crippen LogP contribution >= 0.6 is 11.6 Å². The minimum atomic E-state index is -3.06. The number of hydrogen-bond donors (Lipinski definition) is 1. The van der Waals surface area contributed by atoms with E-state index in [1.807, 2.05) is 6.07 Å². The first kappa shape index (κ1) is 14.1. The maximum atomic E-state index is 12.0. The zero-order valence-corrected chi connectivity index (χ0v) is 12.1. The van der Waals surface area contributed by atoms with Crippen molar-refractivity contribution in [1.82, 2.24) is 5.32 Å². The van der Waals surface area contributed by atoms with Gasteiger partial charge in [-0.05, 0) is 24.1 Å². The van der Waals surface area contributed by atoms with Crippen molar-refractivity contribution in [2.75, 3.05) is 30.0 Å². The highest BCUT2D eigenvalue weighted by Gasteiger charge is 2.25. The number of sulfone groups is 1. The number of amides is 2. The number of anilines is 1. The first-order chi connectivity index (χ1) is 8.88. The van der Waals surface area contributed by atoms with E-state index in [1.165, 1.54) is 0 Å². The second-order valence-electron chi connectivity index (χ2n) is 4.50. The van der Waals surface area contributed by atoms with Crippen LogP contribution in [0.2, 0.25) is 5.02 Å². The van der Waals surface area contributed by atoms with E-state index in [4.69, 9.17) is 11.6 Å². The Bertz CT molecular complexity index is 601. The Kier molecular flexibility index (Phi) is 4.01. The Morgan fingerprint density at radius 2 is 2.21 bits per heavy atom. The van der Waals surface area contributed by atoms with Gasteiger partial charge in [0.25, 0.3) is 0 Å². The van der Waals surface area contributed by atoms with Gasteiger partial charge in [0.15, 0.2) is 0 Å². The zero-order chi connectivity index (χ0) is 14.0. The van der Waals surface area contributed by atoms with Crippen LogP contribution in [0.25, 0.3) is 0 Å². The van der Waals surface area contributed by atoms with Crippen LogP contribution in [0.3, 0.4) is 0 Å². The van der Waals surface area contributed by atoms with Crippen LogP contribution in [-0.4, -0.2) is 39.5 Å². The van der Waals surface area contributed by atoms with Crippen LogP contribution in [0.5, 0.6) is 0 Å². The molecule has 0 atom stereocenters. The van der Waals surface area contributed by atoms with E-state index in [9.17, 15) is 13.2 Å². The number of carbonyl (C=O) groups excluding carboxylic acids is 1. The number of nitrogens with one attached hydrogen (secondary N) is 1. The summed E-state index contributed by atoms with van der Waals surface area (Å²) in [4.78, 5) is 13.6. The fourth-order valence-corrected chi connectivity index (χ4v) is 2.78. The van der Waals surface area contributed by atoms with Gasteiger partial charge >= 0.3 is 6.03 Å². The highest BCUT2D eigenvalue weighted by molar-refractivity contribution is 7.90. The SMILES string of the molecule is CS(=O)(=O)CCNC(=O)N1CCc2c(Cl)cccc21. The average Bonchev–Trinajstić information content (AvgIpc) is 2.72. The van der Waals surface area contributed by atoms with Gasteiger partial charge in [0.2, 0.25) is 0 Å². The monoisotopic (exact) mass is 302 g/mol. The van der Waals surface area contributed by atoms with Crippen molar-refractivity contribution in [3.8, 4) is 0 Å². The average molecular weight is 303 g/mol. The molecule has 1 aromatic carbocycles. The molecule has 0 aliphatic carbocycles. The third kappa shape index (κ3) is 3.39. The molecule has 1 aliphatic heterocycles. The Hall–Kier alpha value is -1.27. The van der Waals surface area contributed by atoms with Gasteiger partial charge in [-0.3, -0.25) is 4.90 Å². The van der Waals surface area contributed by atoms with Crippen molar-refractivity contribution in [2.45, 2.75) is 6.42 Å². The summed E-state index contributed by atoms with van der Waals surface area (Å²) in [7, 11) is -3.06. The third-order valence-electron chi connectivity index (χ3n) is 2.96.